The average molecular weight is 412 g/mol. The van der Waals surface area contributed by atoms with Gasteiger partial charge in [0.2, 0.25) is 11.8 Å². The van der Waals surface area contributed by atoms with E-state index in [1.54, 1.807) is 12.1 Å². The fourth-order valence-corrected chi connectivity index (χ4v) is 5.88. The Bertz CT molecular complexity index is 1270. The first-order chi connectivity index (χ1) is 15.0. The minimum Gasteiger partial charge on any atom is -0.595 e. The molecule has 1 aliphatic heterocycles. The third-order valence-corrected chi connectivity index (χ3v) is 7.05. The molecule has 1 fully saturated rings. The van der Waals surface area contributed by atoms with Crippen LogP contribution < -0.4 is 10.1 Å². The highest BCUT2D eigenvalue weighted by Gasteiger charge is 2.61. The van der Waals surface area contributed by atoms with Crippen molar-refractivity contribution in [3.63, 3.8) is 0 Å². The Hall–Kier alpha value is -3.32. The molecule has 6 heteroatoms. The van der Waals surface area contributed by atoms with Crippen molar-refractivity contribution in [2.75, 3.05) is 4.90 Å². The van der Waals surface area contributed by atoms with Crippen LogP contribution >= 0.6 is 0 Å². The zero-order valence-electron chi connectivity index (χ0n) is 16.8. The zero-order chi connectivity index (χ0) is 21.4. The normalized spacial score (nSPS) is 26.5. The van der Waals surface area contributed by atoms with Crippen LogP contribution in [0.1, 0.15) is 39.7 Å². The molecular formula is C25H20N2O4. The lowest BCUT2D eigenvalue weighted by Gasteiger charge is -2.46. The van der Waals surface area contributed by atoms with Crippen molar-refractivity contribution < 1.29 is 20.0 Å². The van der Waals surface area contributed by atoms with E-state index in [1.165, 1.54) is 17.0 Å². The number of quaternary nitrogens is 1. The molecule has 31 heavy (non-hydrogen) atoms. The van der Waals surface area contributed by atoms with E-state index in [1.807, 2.05) is 19.1 Å². The lowest BCUT2D eigenvalue weighted by atomic mass is 9.55. The van der Waals surface area contributed by atoms with Gasteiger partial charge in [0.25, 0.3) is 0 Å². The van der Waals surface area contributed by atoms with Crippen molar-refractivity contribution in [3.05, 3.63) is 99.8 Å². The Balaban J connectivity index is 1.54. The number of nitrogens with one attached hydrogen (secondary N) is 1. The van der Waals surface area contributed by atoms with E-state index in [2.05, 4.69) is 30.3 Å². The Morgan fingerprint density at radius 2 is 1.42 bits per heavy atom. The number of rotatable bonds is 2. The number of benzene rings is 3. The van der Waals surface area contributed by atoms with Gasteiger partial charge in [0.1, 0.15) is 0 Å². The molecule has 0 spiro atoms. The van der Waals surface area contributed by atoms with Crippen LogP contribution in [0, 0.1) is 24.0 Å². The summed E-state index contributed by atoms with van der Waals surface area (Å²) < 4.78 is 0. The Labute approximate surface area is 178 Å². The number of hydrogen-bond acceptors (Lipinski definition) is 4. The second-order valence-corrected chi connectivity index (χ2v) is 8.64. The van der Waals surface area contributed by atoms with Crippen LogP contribution in [0.3, 0.4) is 0 Å². The largest absolute Gasteiger partial charge is 0.595 e. The molecule has 2 amide bonds. The second kappa shape index (κ2) is 6.34. The fraction of sp³-hybridized carbons (Fsp3) is 0.200. The summed E-state index contributed by atoms with van der Waals surface area (Å²) in [6.07, 6.45) is 0. The van der Waals surface area contributed by atoms with Crippen molar-refractivity contribution in [3.8, 4) is 0 Å². The van der Waals surface area contributed by atoms with Gasteiger partial charge in [-0.1, -0.05) is 54.1 Å². The summed E-state index contributed by atoms with van der Waals surface area (Å²) in [4.78, 5) is 28.6. The lowest BCUT2D eigenvalue weighted by Crippen LogP contribution is -2.99. The molecule has 1 saturated heterocycles. The molecule has 2 N–H and O–H groups in total. The minimum atomic E-state index is -1.09. The highest BCUT2D eigenvalue weighted by atomic mass is 16.8. The summed E-state index contributed by atoms with van der Waals surface area (Å²) in [5.41, 5.74) is 6.00. The third-order valence-electron chi connectivity index (χ3n) is 7.05. The van der Waals surface area contributed by atoms with Gasteiger partial charge < -0.3 is 5.21 Å². The van der Waals surface area contributed by atoms with Crippen molar-refractivity contribution in [1.82, 2.24) is 0 Å². The first-order valence-corrected chi connectivity index (χ1v) is 10.4. The maximum Gasteiger partial charge on any atom is 0.238 e. The Kier molecular flexibility index (Phi) is 3.77. The van der Waals surface area contributed by atoms with Gasteiger partial charge in [-0.3, -0.25) is 9.59 Å². The molecule has 154 valence electrons. The van der Waals surface area contributed by atoms with Crippen LogP contribution in [-0.4, -0.2) is 17.0 Å². The SMILES string of the molecule is Cc1ccc2c(c1)[C@@H]1c3ccccc3[C@@H]2[C@@H]2C(=O)N(c3cccc([NH+]([O-])O)c3)C(=O)[C@H]12. The average Bonchev–Trinajstić information content (AvgIpc) is 3.04. The standard InChI is InChI=1S/C25H20N2O4/c1-13-9-10-18-19(11-13)21-17-8-3-2-7-16(17)20(18)22-23(21)25(29)26(24(22)28)14-5-4-6-15(12-14)27(30)31/h2-12,20-23,27,30H,1H3/t20-,21-,22-,23+/m0/s1. The van der Waals surface area contributed by atoms with Crippen LogP contribution in [-0.2, 0) is 9.59 Å². The van der Waals surface area contributed by atoms with Gasteiger partial charge in [0.15, 0.2) is 5.69 Å². The van der Waals surface area contributed by atoms with Gasteiger partial charge >= 0.3 is 0 Å². The molecule has 3 aromatic carbocycles. The summed E-state index contributed by atoms with van der Waals surface area (Å²) >= 11 is 0. The van der Waals surface area contributed by atoms with Crippen molar-refractivity contribution in [1.29, 1.82) is 0 Å². The number of carbonyl (C=O) groups excluding carboxylic acids is 2. The monoisotopic (exact) mass is 412 g/mol. The molecule has 2 bridgehead atoms. The molecule has 3 aromatic rings. The Morgan fingerprint density at radius 1 is 0.806 bits per heavy atom. The molecule has 0 radical (unpaired) electrons. The highest BCUT2D eigenvalue weighted by Crippen LogP contribution is 2.61. The van der Waals surface area contributed by atoms with Crippen molar-refractivity contribution in [2.24, 2.45) is 11.8 Å². The van der Waals surface area contributed by atoms with Crippen LogP contribution in [0.15, 0.2) is 66.7 Å². The number of aryl methyl sites for hydroxylation is 1. The molecule has 3 aliphatic carbocycles. The van der Waals surface area contributed by atoms with E-state index in [9.17, 15) is 20.0 Å². The predicted molar refractivity (Wildman–Crippen MR) is 113 cm³/mol. The summed E-state index contributed by atoms with van der Waals surface area (Å²) in [5, 5.41) is 19.7. The predicted octanol–water partition coefficient (Wildman–Crippen LogP) is 2.80. The van der Waals surface area contributed by atoms with E-state index >= 15 is 0 Å². The smallest absolute Gasteiger partial charge is 0.238 e. The van der Waals surface area contributed by atoms with Crippen LogP contribution in [0.5, 0.6) is 0 Å². The fourth-order valence-electron chi connectivity index (χ4n) is 5.88. The van der Waals surface area contributed by atoms with Gasteiger partial charge in [-0.25, -0.2) is 10.1 Å². The number of carbonyl (C=O) groups is 2. The Morgan fingerprint density at radius 3 is 2.06 bits per heavy atom. The maximum atomic E-state index is 13.7. The van der Waals surface area contributed by atoms with Crippen LogP contribution in [0.2, 0.25) is 0 Å². The zero-order valence-corrected chi connectivity index (χ0v) is 16.8. The summed E-state index contributed by atoms with van der Waals surface area (Å²) in [6.45, 7) is 2.04. The van der Waals surface area contributed by atoms with E-state index in [0.717, 1.165) is 27.8 Å². The molecule has 0 aromatic heterocycles. The number of anilines is 1. The summed E-state index contributed by atoms with van der Waals surface area (Å²) in [5.74, 6) is -1.79. The first kappa shape index (κ1) is 18.4. The number of nitrogens with zero attached hydrogens (tertiary/aromatic N) is 1. The van der Waals surface area contributed by atoms with Crippen LogP contribution in [0.4, 0.5) is 11.4 Å². The number of hydrogen-bond donors (Lipinski definition) is 2. The van der Waals surface area contributed by atoms with Gasteiger partial charge in [0.05, 0.1) is 17.5 Å². The number of imide groups is 1. The maximum absolute atomic E-state index is 13.7. The van der Waals surface area contributed by atoms with Crippen molar-refractivity contribution in [2.45, 2.75) is 18.8 Å². The minimum absolute atomic E-state index is 0.0538. The van der Waals surface area contributed by atoms with Gasteiger partial charge in [0, 0.05) is 24.0 Å². The van der Waals surface area contributed by atoms with E-state index in [0.29, 0.717) is 5.69 Å². The second-order valence-electron chi connectivity index (χ2n) is 8.64. The lowest BCUT2D eigenvalue weighted by molar-refractivity contribution is -0.991. The van der Waals surface area contributed by atoms with Gasteiger partial charge in [-0.2, -0.15) is 5.23 Å². The van der Waals surface area contributed by atoms with E-state index < -0.39 is 17.1 Å². The quantitative estimate of drug-likeness (QED) is 0.501. The molecular weight excluding hydrogens is 392 g/mol. The van der Waals surface area contributed by atoms with Gasteiger partial charge in [-0.15, -0.1) is 0 Å². The number of amides is 2. The third kappa shape index (κ3) is 2.38. The van der Waals surface area contributed by atoms with E-state index in [-0.39, 0.29) is 29.3 Å². The topological polar surface area (TPSA) is 85.1 Å². The molecule has 5 atom stereocenters. The van der Waals surface area contributed by atoms with Crippen LogP contribution in [0.25, 0.3) is 0 Å². The van der Waals surface area contributed by atoms with Gasteiger partial charge in [-0.05, 0) is 35.2 Å². The molecule has 4 aliphatic rings. The summed E-state index contributed by atoms with van der Waals surface area (Å²) in [7, 11) is 0. The molecule has 0 saturated carbocycles. The van der Waals surface area contributed by atoms with Crippen molar-refractivity contribution >= 4 is 23.2 Å². The highest BCUT2D eigenvalue weighted by molar-refractivity contribution is 6.23. The molecule has 6 nitrogen and oxygen atoms in total. The molecule has 7 rings (SSSR count). The van der Waals surface area contributed by atoms with E-state index in [4.69, 9.17) is 0 Å². The molecule has 1 unspecified atom stereocenters. The summed E-state index contributed by atoms with van der Waals surface area (Å²) in [6, 6.07) is 20.5. The first-order valence-electron chi connectivity index (χ1n) is 10.4. The molecule has 1 heterocycles.